The van der Waals surface area contributed by atoms with Crippen LogP contribution in [0.15, 0.2) is 18.2 Å². The number of anilines is 1. The maximum Gasteiger partial charge on any atom is 0.393 e. The third-order valence-corrected chi connectivity index (χ3v) is 3.92. The molecule has 1 heterocycles. The summed E-state index contributed by atoms with van der Waals surface area (Å²) in [5.41, 5.74) is 2.61. The first kappa shape index (κ1) is 15.8. The topological polar surface area (TPSA) is 41.1 Å². The number of alkyl halides is 3. The normalized spacial score (nSPS) is 22.9. The molecule has 0 radical (unpaired) electrons. The molecule has 1 aromatic carbocycles. The first-order valence-electron chi connectivity index (χ1n) is 6.96. The van der Waals surface area contributed by atoms with Gasteiger partial charge in [0.15, 0.2) is 0 Å². The number of benzene rings is 1. The number of piperidine rings is 1. The third-order valence-electron chi connectivity index (χ3n) is 3.92. The van der Waals surface area contributed by atoms with Gasteiger partial charge in [-0.2, -0.15) is 13.2 Å². The van der Waals surface area contributed by atoms with Crippen LogP contribution in [0.3, 0.4) is 0 Å². The zero-order chi connectivity index (χ0) is 15.6. The third kappa shape index (κ3) is 3.75. The predicted octanol–water partition coefficient (Wildman–Crippen LogP) is 3.17. The second-order valence-electron chi connectivity index (χ2n) is 5.53. The van der Waals surface area contributed by atoms with E-state index in [2.05, 4.69) is 10.6 Å². The van der Waals surface area contributed by atoms with E-state index < -0.39 is 18.1 Å². The fraction of sp³-hybridized carbons (Fsp3) is 0.533. The number of rotatable bonds is 2. The maximum absolute atomic E-state index is 12.6. The smallest absolute Gasteiger partial charge is 0.324 e. The summed E-state index contributed by atoms with van der Waals surface area (Å²) in [5, 5.41) is 5.52. The Morgan fingerprint density at radius 2 is 1.86 bits per heavy atom. The Morgan fingerprint density at radius 3 is 2.33 bits per heavy atom. The van der Waals surface area contributed by atoms with Crippen molar-refractivity contribution in [3.8, 4) is 0 Å². The molecular weight excluding hydrogens is 281 g/mol. The molecule has 1 amide bonds. The molecule has 1 aliphatic rings. The number of para-hydroxylation sites is 1. The highest BCUT2D eigenvalue weighted by molar-refractivity contribution is 5.96. The minimum atomic E-state index is -4.19. The number of carbonyl (C=O) groups excluding carboxylic acids is 1. The van der Waals surface area contributed by atoms with Crippen LogP contribution in [0.4, 0.5) is 18.9 Å². The highest BCUT2D eigenvalue weighted by atomic mass is 19.4. The Balaban J connectivity index is 1.97. The molecule has 2 atom stereocenters. The molecule has 2 unspecified atom stereocenters. The number of nitrogens with one attached hydrogen (secondary N) is 2. The molecular formula is C15H19F3N2O. The zero-order valence-corrected chi connectivity index (χ0v) is 12.1. The lowest BCUT2D eigenvalue weighted by Crippen LogP contribution is -2.49. The van der Waals surface area contributed by atoms with E-state index in [-0.39, 0.29) is 25.3 Å². The standard InChI is InChI=1S/C15H19F3N2O/c1-9-4-3-5-10(2)13(9)20-14(21)12-7-6-11(8-19-12)15(16,17)18/h3-5,11-12,19H,6-8H2,1-2H3,(H,20,21). The van der Waals surface area contributed by atoms with Crippen LogP contribution in [0.5, 0.6) is 0 Å². The average molecular weight is 300 g/mol. The maximum atomic E-state index is 12.6. The van der Waals surface area contributed by atoms with Crippen LogP contribution >= 0.6 is 0 Å². The summed E-state index contributed by atoms with van der Waals surface area (Å²) in [7, 11) is 0. The van der Waals surface area contributed by atoms with Gasteiger partial charge in [-0.05, 0) is 37.8 Å². The van der Waals surface area contributed by atoms with Crippen molar-refractivity contribution in [1.29, 1.82) is 0 Å². The summed E-state index contributed by atoms with van der Waals surface area (Å²) < 4.78 is 37.7. The highest BCUT2D eigenvalue weighted by Crippen LogP contribution is 2.32. The Kier molecular flexibility index (Phi) is 4.56. The van der Waals surface area contributed by atoms with Gasteiger partial charge in [0.2, 0.25) is 5.91 Å². The summed E-state index contributed by atoms with van der Waals surface area (Å²) in [6.45, 7) is 3.57. The minimum Gasteiger partial charge on any atom is -0.324 e. The average Bonchev–Trinajstić information content (AvgIpc) is 2.42. The van der Waals surface area contributed by atoms with Crippen molar-refractivity contribution in [2.75, 3.05) is 11.9 Å². The molecule has 1 aliphatic heterocycles. The molecule has 6 heteroatoms. The van der Waals surface area contributed by atoms with E-state index >= 15 is 0 Å². The van der Waals surface area contributed by atoms with Crippen molar-refractivity contribution >= 4 is 11.6 Å². The lowest BCUT2D eigenvalue weighted by Gasteiger charge is -2.30. The van der Waals surface area contributed by atoms with Crippen LogP contribution in [-0.4, -0.2) is 24.7 Å². The van der Waals surface area contributed by atoms with E-state index in [1.54, 1.807) is 0 Å². The predicted molar refractivity (Wildman–Crippen MR) is 75.1 cm³/mol. The quantitative estimate of drug-likeness (QED) is 0.881. The molecule has 0 aliphatic carbocycles. The summed E-state index contributed by atoms with van der Waals surface area (Å²) in [6, 6.07) is 5.10. The summed E-state index contributed by atoms with van der Waals surface area (Å²) in [6.07, 6.45) is -4.01. The van der Waals surface area contributed by atoms with Crippen LogP contribution in [-0.2, 0) is 4.79 Å². The van der Waals surface area contributed by atoms with Gasteiger partial charge < -0.3 is 10.6 Å². The van der Waals surface area contributed by atoms with E-state index in [4.69, 9.17) is 0 Å². The van der Waals surface area contributed by atoms with Gasteiger partial charge in [-0.25, -0.2) is 0 Å². The number of carbonyl (C=O) groups is 1. The Labute approximate surface area is 121 Å². The number of aryl methyl sites for hydroxylation is 2. The molecule has 3 nitrogen and oxygen atoms in total. The Hall–Kier alpha value is -1.56. The van der Waals surface area contributed by atoms with Crippen LogP contribution in [0.2, 0.25) is 0 Å². The SMILES string of the molecule is Cc1cccc(C)c1NC(=O)C1CCC(C(F)(F)F)CN1. The summed E-state index contributed by atoms with van der Waals surface area (Å²) in [5.74, 6) is -1.63. The second-order valence-corrected chi connectivity index (χ2v) is 5.53. The van der Waals surface area contributed by atoms with E-state index in [0.717, 1.165) is 16.8 Å². The molecule has 1 fully saturated rings. The van der Waals surface area contributed by atoms with Gasteiger partial charge in [0.1, 0.15) is 0 Å². The van der Waals surface area contributed by atoms with Crippen molar-refractivity contribution in [3.05, 3.63) is 29.3 Å². The van der Waals surface area contributed by atoms with Crippen molar-refractivity contribution in [1.82, 2.24) is 5.32 Å². The van der Waals surface area contributed by atoms with Crippen molar-refractivity contribution < 1.29 is 18.0 Å². The van der Waals surface area contributed by atoms with Gasteiger partial charge >= 0.3 is 6.18 Å². The van der Waals surface area contributed by atoms with E-state index in [1.807, 2.05) is 32.0 Å². The van der Waals surface area contributed by atoms with E-state index in [0.29, 0.717) is 0 Å². The summed E-state index contributed by atoms with van der Waals surface area (Å²) in [4.78, 5) is 12.2. The van der Waals surface area contributed by atoms with Crippen molar-refractivity contribution in [2.45, 2.75) is 38.9 Å². The minimum absolute atomic E-state index is 0.0126. The van der Waals surface area contributed by atoms with Gasteiger partial charge in [-0.15, -0.1) is 0 Å². The van der Waals surface area contributed by atoms with Gasteiger partial charge in [0, 0.05) is 12.2 Å². The van der Waals surface area contributed by atoms with Crippen LogP contribution < -0.4 is 10.6 Å². The monoisotopic (exact) mass is 300 g/mol. The highest BCUT2D eigenvalue weighted by Gasteiger charge is 2.42. The van der Waals surface area contributed by atoms with Crippen molar-refractivity contribution in [2.24, 2.45) is 5.92 Å². The molecule has 0 spiro atoms. The second kappa shape index (κ2) is 6.05. The van der Waals surface area contributed by atoms with Crippen molar-refractivity contribution in [3.63, 3.8) is 0 Å². The van der Waals surface area contributed by atoms with Crippen LogP contribution in [0.25, 0.3) is 0 Å². The molecule has 0 saturated carbocycles. The molecule has 2 N–H and O–H groups in total. The number of amides is 1. The molecule has 0 aromatic heterocycles. The summed E-state index contributed by atoms with van der Waals surface area (Å²) >= 11 is 0. The number of hydrogen-bond donors (Lipinski definition) is 2. The first-order valence-corrected chi connectivity index (χ1v) is 6.96. The molecule has 1 saturated heterocycles. The number of hydrogen-bond acceptors (Lipinski definition) is 2. The molecule has 1 aromatic rings. The van der Waals surface area contributed by atoms with Crippen LogP contribution in [0.1, 0.15) is 24.0 Å². The van der Waals surface area contributed by atoms with Gasteiger partial charge in [0.05, 0.1) is 12.0 Å². The van der Waals surface area contributed by atoms with Gasteiger partial charge in [-0.1, -0.05) is 18.2 Å². The Bertz CT molecular complexity index is 500. The first-order chi connectivity index (χ1) is 9.79. The van der Waals surface area contributed by atoms with E-state index in [9.17, 15) is 18.0 Å². The van der Waals surface area contributed by atoms with Gasteiger partial charge in [-0.3, -0.25) is 4.79 Å². The number of halogens is 3. The molecule has 0 bridgehead atoms. The fourth-order valence-corrected chi connectivity index (χ4v) is 2.58. The molecule has 116 valence electrons. The van der Waals surface area contributed by atoms with Crippen LogP contribution in [0, 0.1) is 19.8 Å². The molecule has 2 rings (SSSR count). The lowest BCUT2D eigenvalue weighted by atomic mass is 9.93. The Morgan fingerprint density at radius 1 is 1.24 bits per heavy atom. The van der Waals surface area contributed by atoms with E-state index in [1.165, 1.54) is 0 Å². The largest absolute Gasteiger partial charge is 0.393 e. The van der Waals surface area contributed by atoms with Gasteiger partial charge in [0.25, 0.3) is 0 Å². The zero-order valence-electron chi connectivity index (χ0n) is 12.1. The lowest BCUT2D eigenvalue weighted by molar-refractivity contribution is -0.180. The molecule has 21 heavy (non-hydrogen) atoms. The fourth-order valence-electron chi connectivity index (χ4n) is 2.58.